The van der Waals surface area contributed by atoms with E-state index in [9.17, 15) is 27.9 Å². The first-order valence-electron chi connectivity index (χ1n) is 16.7. The second-order valence-electron chi connectivity index (χ2n) is 11.8. The average Bonchev–Trinajstić information content (AvgIpc) is 3.16. The molecule has 1 aromatic heterocycles. The number of piperazine rings is 1. The Bertz CT molecular complexity index is 1870. The van der Waals surface area contributed by atoms with E-state index in [-0.39, 0.29) is 72.6 Å². The van der Waals surface area contributed by atoms with E-state index >= 15 is 0 Å². The number of alkyl halides is 3. The first-order valence-corrected chi connectivity index (χ1v) is 17.1. The lowest BCUT2D eigenvalue weighted by Gasteiger charge is -2.39. The number of nitrogens with zero attached hydrogens (tertiary/aromatic N) is 6. The lowest BCUT2D eigenvalue weighted by atomic mass is 10.1. The highest BCUT2D eigenvalue weighted by Gasteiger charge is 2.34. The molecule has 2 aromatic carbocycles. The number of aryl methyl sites for hydroxylation is 1. The molecule has 54 heavy (non-hydrogen) atoms. The Morgan fingerprint density at radius 1 is 1.11 bits per heavy atom. The molecule has 0 radical (unpaired) electrons. The van der Waals surface area contributed by atoms with E-state index in [0.29, 0.717) is 42.4 Å². The van der Waals surface area contributed by atoms with Gasteiger partial charge in [-0.2, -0.15) is 13.2 Å². The van der Waals surface area contributed by atoms with Crippen LogP contribution in [-0.2, 0) is 22.3 Å². The van der Waals surface area contributed by atoms with Gasteiger partial charge >= 0.3 is 6.18 Å². The molecule has 1 unspecified atom stereocenters. The van der Waals surface area contributed by atoms with Crippen LogP contribution >= 0.6 is 11.6 Å². The van der Waals surface area contributed by atoms with Gasteiger partial charge in [-0.3, -0.25) is 24.4 Å². The zero-order valence-corrected chi connectivity index (χ0v) is 30.6. The Labute approximate surface area is 314 Å². The van der Waals surface area contributed by atoms with Crippen LogP contribution in [0.4, 0.5) is 13.2 Å². The molecule has 1 saturated heterocycles. The van der Waals surface area contributed by atoms with Gasteiger partial charge in [0.1, 0.15) is 31.4 Å². The van der Waals surface area contributed by atoms with Crippen molar-refractivity contribution < 1.29 is 42.1 Å². The number of primary amides is 1. The van der Waals surface area contributed by atoms with Gasteiger partial charge < -0.3 is 35.4 Å². The molecule has 290 valence electrons. The van der Waals surface area contributed by atoms with E-state index < -0.39 is 29.7 Å². The zero-order chi connectivity index (χ0) is 39.6. The van der Waals surface area contributed by atoms with Crippen molar-refractivity contribution >= 4 is 36.5 Å². The quantitative estimate of drug-likeness (QED) is 0.0966. The molecule has 0 saturated carbocycles. The number of amides is 3. The summed E-state index contributed by atoms with van der Waals surface area (Å²) in [5.41, 5.74) is 8.19. The summed E-state index contributed by atoms with van der Waals surface area (Å²) in [7, 11) is 1.68. The smallest absolute Gasteiger partial charge is 0.416 e. The molecular formula is C35H41ClF3N9O6. The number of fused-ring (bicyclic) bond motifs is 1. The molecule has 3 amide bonds. The summed E-state index contributed by atoms with van der Waals surface area (Å²) in [5.74, 6) is -0.270. The molecule has 3 aromatic rings. The van der Waals surface area contributed by atoms with Crippen molar-refractivity contribution in [1.29, 1.82) is 0 Å². The number of hydrogen-bond donors (Lipinski definition) is 4. The van der Waals surface area contributed by atoms with E-state index in [1.54, 1.807) is 32.2 Å². The van der Waals surface area contributed by atoms with Gasteiger partial charge in [0, 0.05) is 43.9 Å². The average molecular weight is 776 g/mol. The Balaban J connectivity index is 0.00000209. The fraction of sp³-hybridized carbons (Fsp3) is 0.371. The molecular weight excluding hydrogens is 735 g/mol. The molecule has 0 bridgehead atoms. The summed E-state index contributed by atoms with van der Waals surface area (Å²) in [6.45, 7) is 8.53. The molecule has 19 heteroatoms. The lowest BCUT2D eigenvalue weighted by molar-refractivity contribution is -0.138. The number of carbonyl (C=O) groups excluding carboxylic acids is 3. The number of nitrogens with two attached hydrogens (primary N) is 1. The normalized spacial score (nSPS) is 14.9. The Kier molecular flexibility index (Phi) is 14.0. The highest BCUT2D eigenvalue weighted by atomic mass is 35.5. The Morgan fingerprint density at radius 3 is 2.35 bits per heavy atom. The van der Waals surface area contributed by atoms with Crippen molar-refractivity contribution in [2.45, 2.75) is 39.2 Å². The van der Waals surface area contributed by atoms with Crippen molar-refractivity contribution in [3.63, 3.8) is 0 Å². The number of rotatable bonds is 11. The van der Waals surface area contributed by atoms with Crippen LogP contribution in [0.2, 0.25) is 5.02 Å². The van der Waals surface area contributed by atoms with E-state index in [4.69, 9.17) is 25.9 Å². The summed E-state index contributed by atoms with van der Waals surface area (Å²) >= 11 is 6.38. The monoisotopic (exact) mass is 775 g/mol. The molecule has 0 aliphatic carbocycles. The van der Waals surface area contributed by atoms with Crippen molar-refractivity contribution in [3.05, 3.63) is 87.2 Å². The highest BCUT2D eigenvalue weighted by molar-refractivity contribution is 6.31. The number of benzene rings is 2. The highest BCUT2D eigenvalue weighted by Crippen LogP contribution is 2.35. The van der Waals surface area contributed by atoms with Gasteiger partial charge in [0.2, 0.25) is 6.41 Å². The maximum absolute atomic E-state index is 14.7. The van der Waals surface area contributed by atoms with E-state index in [0.717, 1.165) is 12.1 Å². The summed E-state index contributed by atoms with van der Waals surface area (Å²) in [6, 6.07) is 8.12. The molecule has 0 spiro atoms. The fourth-order valence-electron chi connectivity index (χ4n) is 5.75. The molecule has 1 fully saturated rings. The second-order valence-corrected chi connectivity index (χ2v) is 12.2. The summed E-state index contributed by atoms with van der Waals surface area (Å²) in [5, 5.41) is 14.6. The Hall–Kier alpha value is -5.62. The molecule has 5 N–H and O–H groups in total. The number of aromatic hydroxyl groups is 1. The standard InChI is InChI=1S/C34H38ClF3N8O5.CH3NO/c1-5-25(39-3)29(44-10-12-45(13-11-44)32(48)28-30(47)20(2)41-19-42-28)33(49)46(18-22-6-8-23(17-24(22)35)34(36,37)38)43-31(40-4)21-7-9-26-27(16-21)51-15-14-50-26;2-1-3/h6-9,16-17,19,31,39,43,47H,4-5,10-15,18H2,1-3H3;1H,(H2,2,3)/b29-25+;. The van der Waals surface area contributed by atoms with Crippen LogP contribution in [0.25, 0.3) is 0 Å². The minimum atomic E-state index is -4.61. The van der Waals surface area contributed by atoms with Crippen molar-refractivity contribution in [3.8, 4) is 17.2 Å². The topological polar surface area (TPSA) is 188 Å². The van der Waals surface area contributed by atoms with Gasteiger partial charge in [0.05, 0.1) is 17.8 Å². The van der Waals surface area contributed by atoms with Crippen LogP contribution in [0.15, 0.2) is 59.1 Å². The summed E-state index contributed by atoms with van der Waals surface area (Å²) in [4.78, 5) is 52.0. The molecule has 2 aliphatic rings. The number of halogens is 4. The number of ether oxygens (including phenoxy) is 2. The predicted molar refractivity (Wildman–Crippen MR) is 192 cm³/mol. The minimum Gasteiger partial charge on any atom is -0.504 e. The second kappa shape index (κ2) is 18.4. The molecule has 2 aliphatic heterocycles. The third-order valence-corrected chi connectivity index (χ3v) is 8.88. The van der Waals surface area contributed by atoms with Gasteiger partial charge in [0.25, 0.3) is 11.8 Å². The maximum Gasteiger partial charge on any atom is 0.416 e. The predicted octanol–water partition coefficient (Wildman–Crippen LogP) is 3.57. The van der Waals surface area contributed by atoms with Crippen LogP contribution in [0.3, 0.4) is 0 Å². The number of nitrogens with one attached hydrogen (secondary N) is 2. The number of aromatic nitrogens is 2. The molecule has 1 atom stereocenters. The van der Waals surface area contributed by atoms with Crippen molar-refractivity contribution in [2.24, 2.45) is 10.7 Å². The van der Waals surface area contributed by atoms with Crippen LogP contribution < -0.4 is 25.9 Å². The van der Waals surface area contributed by atoms with Crippen LogP contribution in [0.1, 0.15) is 52.4 Å². The first kappa shape index (κ1) is 41.1. The SMILES string of the molecule is C=NC(NN(Cc1ccc(C(F)(F)F)cc1Cl)C(=O)/C(=C(/CC)NC)N1CCN(C(=O)c2ncnc(C)c2O)CC1)c1ccc2c(c1)OCCO2.NC=O. The van der Waals surface area contributed by atoms with Crippen LogP contribution in [-0.4, -0.2) is 101 Å². The largest absolute Gasteiger partial charge is 0.504 e. The van der Waals surface area contributed by atoms with E-state index in [1.807, 2.05) is 11.8 Å². The number of carbonyl (C=O) groups is 3. The third kappa shape index (κ3) is 9.67. The number of aliphatic imine (C=N–C) groups is 1. The van der Waals surface area contributed by atoms with Gasteiger partial charge in [-0.15, -0.1) is 0 Å². The number of hydrazine groups is 1. The van der Waals surface area contributed by atoms with Gasteiger partial charge in [-0.1, -0.05) is 30.7 Å². The summed E-state index contributed by atoms with van der Waals surface area (Å²) < 4.78 is 51.8. The molecule has 15 nitrogen and oxygen atoms in total. The van der Waals surface area contributed by atoms with Crippen LogP contribution in [0, 0.1) is 6.92 Å². The van der Waals surface area contributed by atoms with E-state index in [1.165, 1.54) is 22.3 Å². The molecule has 5 rings (SSSR count). The number of allylic oxidation sites excluding steroid dienone is 1. The zero-order valence-electron chi connectivity index (χ0n) is 29.8. The first-order chi connectivity index (χ1) is 25.8. The lowest BCUT2D eigenvalue weighted by Crippen LogP contribution is -2.53. The summed E-state index contributed by atoms with van der Waals surface area (Å²) in [6.07, 6.45) is -3.64. The van der Waals surface area contributed by atoms with E-state index in [2.05, 4.69) is 38.2 Å². The maximum atomic E-state index is 14.7. The van der Waals surface area contributed by atoms with Crippen molar-refractivity contribution in [1.82, 2.24) is 35.5 Å². The minimum absolute atomic E-state index is 0.113. The molecule has 3 heterocycles. The van der Waals surface area contributed by atoms with Gasteiger partial charge in [-0.05, 0) is 55.5 Å². The fourth-order valence-corrected chi connectivity index (χ4v) is 5.99. The van der Waals surface area contributed by atoms with Gasteiger partial charge in [0.15, 0.2) is 22.9 Å². The number of hydrogen-bond acceptors (Lipinski definition) is 12. The van der Waals surface area contributed by atoms with Gasteiger partial charge in [-0.25, -0.2) is 15.4 Å². The Morgan fingerprint density at radius 2 is 1.76 bits per heavy atom. The van der Waals surface area contributed by atoms with Crippen molar-refractivity contribution in [2.75, 3.05) is 46.4 Å². The third-order valence-electron chi connectivity index (χ3n) is 8.53. The van der Waals surface area contributed by atoms with Crippen LogP contribution in [0.5, 0.6) is 17.2 Å².